The zero-order chi connectivity index (χ0) is 22.7. The summed E-state index contributed by atoms with van der Waals surface area (Å²) in [7, 11) is 0. The maximum Gasteiger partial charge on any atom is 0.292 e. The summed E-state index contributed by atoms with van der Waals surface area (Å²) in [5.74, 6) is 0.348. The van der Waals surface area contributed by atoms with Gasteiger partial charge in [-0.1, -0.05) is 45.2 Å². The zero-order valence-corrected chi connectivity index (χ0v) is 19.4. The third kappa shape index (κ3) is 5.32. The number of nitrogens with zero attached hydrogens (tertiary/aromatic N) is 2. The van der Waals surface area contributed by atoms with E-state index in [-0.39, 0.29) is 40.3 Å². The molecule has 0 atom stereocenters. The summed E-state index contributed by atoms with van der Waals surface area (Å²) >= 11 is 15.6. The second-order valence-corrected chi connectivity index (χ2v) is 8.42. The summed E-state index contributed by atoms with van der Waals surface area (Å²) < 4.78 is 27.5. The molecule has 2 aromatic heterocycles. The number of anilines is 1. The second-order valence-electron chi connectivity index (χ2n) is 6.69. The smallest absolute Gasteiger partial charge is 0.292 e. The van der Waals surface area contributed by atoms with Gasteiger partial charge in [-0.05, 0) is 48.5 Å². The molecule has 4 rings (SSSR count). The van der Waals surface area contributed by atoms with Crippen LogP contribution in [-0.4, -0.2) is 15.7 Å². The number of nitrogens with one attached hydrogen (secondary N) is 1. The first-order valence-corrected chi connectivity index (χ1v) is 10.9. The first-order chi connectivity index (χ1) is 15.4. The Kier molecular flexibility index (Phi) is 6.83. The number of carbonyl (C=O) groups is 1. The summed E-state index contributed by atoms with van der Waals surface area (Å²) in [6, 6.07) is 14.9. The number of aromatic nitrogens is 2. The molecule has 4 aromatic rings. The maximum absolute atomic E-state index is 14.0. The third-order valence-electron chi connectivity index (χ3n) is 4.41. The van der Waals surface area contributed by atoms with Crippen molar-refractivity contribution in [2.75, 3.05) is 5.32 Å². The van der Waals surface area contributed by atoms with E-state index in [0.717, 1.165) is 4.47 Å². The number of hydrogen-bond donors (Lipinski definition) is 1. The average Bonchev–Trinajstić information content (AvgIpc) is 3.37. The lowest BCUT2D eigenvalue weighted by atomic mass is 10.2. The number of hydrogen-bond acceptors (Lipinski definition) is 4. The molecule has 2 heterocycles. The van der Waals surface area contributed by atoms with Gasteiger partial charge in [0.25, 0.3) is 5.91 Å². The number of amides is 1. The van der Waals surface area contributed by atoms with Crippen molar-refractivity contribution in [2.24, 2.45) is 0 Å². The van der Waals surface area contributed by atoms with Crippen molar-refractivity contribution in [1.29, 1.82) is 0 Å². The van der Waals surface area contributed by atoms with Crippen LogP contribution in [-0.2, 0) is 13.2 Å². The van der Waals surface area contributed by atoms with Crippen LogP contribution in [0.5, 0.6) is 5.75 Å². The summed E-state index contributed by atoms with van der Waals surface area (Å²) in [5.41, 5.74) is 0.271. The molecule has 164 valence electrons. The first kappa shape index (κ1) is 22.4. The van der Waals surface area contributed by atoms with Crippen LogP contribution < -0.4 is 10.1 Å². The fraction of sp³-hybridized carbons (Fsp3) is 0.0909. The Hall–Kier alpha value is -2.81. The number of halogens is 4. The van der Waals surface area contributed by atoms with Gasteiger partial charge in [-0.25, -0.2) is 4.39 Å². The van der Waals surface area contributed by atoms with Crippen molar-refractivity contribution in [3.8, 4) is 5.75 Å². The van der Waals surface area contributed by atoms with Gasteiger partial charge < -0.3 is 14.5 Å². The van der Waals surface area contributed by atoms with Crippen LogP contribution >= 0.6 is 39.1 Å². The molecular weight excluding hydrogens is 524 g/mol. The number of benzene rings is 2. The highest BCUT2D eigenvalue weighted by atomic mass is 79.9. The van der Waals surface area contributed by atoms with Gasteiger partial charge >= 0.3 is 0 Å². The molecule has 32 heavy (non-hydrogen) atoms. The predicted octanol–water partition coefficient (Wildman–Crippen LogP) is 6.56. The number of rotatable bonds is 7. The minimum Gasteiger partial charge on any atom is -0.486 e. The Labute approximate surface area is 201 Å². The van der Waals surface area contributed by atoms with Gasteiger partial charge in [-0.3, -0.25) is 9.48 Å². The van der Waals surface area contributed by atoms with E-state index in [1.54, 1.807) is 12.1 Å². The number of furan rings is 1. The van der Waals surface area contributed by atoms with Crippen LogP contribution in [0.4, 0.5) is 10.2 Å². The molecule has 1 N–H and O–H groups in total. The van der Waals surface area contributed by atoms with E-state index in [1.165, 1.54) is 29.1 Å². The largest absolute Gasteiger partial charge is 0.486 e. The van der Waals surface area contributed by atoms with E-state index >= 15 is 0 Å². The Morgan fingerprint density at radius 2 is 1.91 bits per heavy atom. The lowest BCUT2D eigenvalue weighted by molar-refractivity contribution is 0.0992. The topological polar surface area (TPSA) is 69.3 Å². The van der Waals surface area contributed by atoms with Gasteiger partial charge in [0, 0.05) is 21.3 Å². The lowest BCUT2D eigenvalue weighted by Crippen LogP contribution is -2.12. The second kappa shape index (κ2) is 9.77. The molecule has 0 saturated carbocycles. The molecule has 0 aliphatic heterocycles. The predicted molar refractivity (Wildman–Crippen MR) is 123 cm³/mol. The van der Waals surface area contributed by atoms with Crippen LogP contribution in [0.15, 0.2) is 69.7 Å². The van der Waals surface area contributed by atoms with Crippen LogP contribution in [0.25, 0.3) is 0 Å². The standard InChI is InChI=1S/C22H15BrCl2FN3O3/c23-13-4-6-14(7-5-13)31-12-15-8-9-20(32-15)22(30)27-21-18(25)11-29(28-21)10-16-17(24)2-1-3-19(16)26/h1-9,11H,10,12H2,(H,27,28,30). The van der Waals surface area contributed by atoms with E-state index in [0.29, 0.717) is 11.5 Å². The van der Waals surface area contributed by atoms with Crippen LogP contribution in [0.2, 0.25) is 10.0 Å². The maximum atomic E-state index is 14.0. The van der Waals surface area contributed by atoms with Crippen molar-refractivity contribution in [3.05, 3.63) is 98.2 Å². The first-order valence-electron chi connectivity index (χ1n) is 9.33. The van der Waals surface area contributed by atoms with Gasteiger partial charge in [-0.15, -0.1) is 0 Å². The summed E-state index contributed by atoms with van der Waals surface area (Å²) in [6.45, 7) is 0.215. The molecule has 2 aromatic carbocycles. The molecule has 0 aliphatic carbocycles. The van der Waals surface area contributed by atoms with Crippen molar-refractivity contribution in [2.45, 2.75) is 13.2 Å². The van der Waals surface area contributed by atoms with Crippen LogP contribution in [0.1, 0.15) is 21.9 Å². The Morgan fingerprint density at radius 1 is 1.12 bits per heavy atom. The fourth-order valence-electron chi connectivity index (χ4n) is 2.84. The molecule has 10 heteroatoms. The Balaban J connectivity index is 1.39. The molecule has 0 fully saturated rings. The summed E-state index contributed by atoms with van der Waals surface area (Å²) in [4.78, 5) is 12.5. The molecule has 1 amide bonds. The van der Waals surface area contributed by atoms with Crippen LogP contribution in [0, 0.1) is 5.82 Å². The van der Waals surface area contributed by atoms with E-state index < -0.39 is 11.7 Å². The fourth-order valence-corrected chi connectivity index (χ4v) is 3.52. The highest BCUT2D eigenvalue weighted by molar-refractivity contribution is 9.10. The molecule has 6 nitrogen and oxygen atoms in total. The molecule has 0 spiro atoms. The number of ether oxygens (including phenoxy) is 1. The molecular formula is C22H15BrCl2FN3O3. The van der Waals surface area contributed by atoms with E-state index in [4.69, 9.17) is 32.4 Å². The minimum atomic E-state index is -0.532. The van der Waals surface area contributed by atoms with Crippen molar-refractivity contribution < 1.29 is 18.3 Å². The molecule has 0 unspecified atom stereocenters. The molecule has 0 bridgehead atoms. The minimum absolute atomic E-state index is 0.0550. The normalized spacial score (nSPS) is 10.9. The van der Waals surface area contributed by atoms with Gasteiger partial charge in [-0.2, -0.15) is 5.10 Å². The highest BCUT2D eigenvalue weighted by Crippen LogP contribution is 2.24. The average molecular weight is 539 g/mol. The zero-order valence-electron chi connectivity index (χ0n) is 16.3. The van der Waals surface area contributed by atoms with E-state index in [9.17, 15) is 9.18 Å². The summed E-state index contributed by atoms with van der Waals surface area (Å²) in [5, 5.41) is 7.25. The van der Waals surface area contributed by atoms with Crippen molar-refractivity contribution >= 4 is 50.9 Å². The van der Waals surface area contributed by atoms with Crippen molar-refractivity contribution in [1.82, 2.24) is 9.78 Å². The monoisotopic (exact) mass is 537 g/mol. The molecule has 0 saturated heterocycles. The van der Waals surface area contributed by atoms with Gasteiger partial charge in [0.15, 0.2) is 11.6 Å². The Morgan fingerprint density at radius 3 is 2.66 bits per heavy atom. The lowest BCUT2D eigenvalue weighted by Gasteiger charge is -2.06. The van der Waals surface area contributed by atoms with E-state index in [1.807, 2.05) is 24.3 Å². The van der Waals surface area contributed by atoms with Crippen molar-refractivity contribution in [3.63, 3.8) is 0 Å². The van der Waals surface area contributed by atoms with Gasteiger partial charge in [0.1, 0.15) is 29.0 Å². The van der Waals surface area contributed by atoms with Gasteiger partial charge in [0.05, 0.1) is 6.54 Å². The quantitative estimate of drug-likeness (QED) is 0.289. The van der Waals surface area contributed by atoms with E-state index in [2.05, 4.69) is 26.3 Å². The van der Waals surface area contributed by atoms with Gasteiger partial charge in [0.2, 0.25) is 0 Å². The van der Waals surface area contributed by atoms with Crippen LogP contribution in [0.3, 0.4) is 0 Å². The Bertz CT molecular complexity index is 1240. The third-order valence-corrected chi connectivity index (χ3v) is 5.57. The molecule has 0 radical (unpaired) electrons. The highest BCUT2D eigenvalue weighted by Gasteiger charge is 2.17. The number of carbonyl (C=O) groups excluding carboxylic acids is 1. The summed E-state index contributed by atoms with van der Waals surface area (Å²) in [6.07, 6.45) is 1.47. The molecule has 0 aliphatic rings. The SMILES string of the molecule is O=C(Nc1nn(Cc2c(F)cccc2Cl)cc1Cl)c1ccc(COc2ccc(Br)cc2)o1.